The molecule has 1 aromatic carbocycles. The lowest BCUT2D eigenvalue weighted by molar-refractivity contribution is -0.384. The molecule has 0 bridgehead atoms. The van der Waals surface area contributed by atoms with E-state index in [0.717, 1.165) is 19.5 Å². The van der Waals surface area contributed by atoms with Crippen molar-refractivity contribution in [3.05, 3.63) is 33.9 Å². The van der Waals surface area contributed by atoms with Crippen LogP contribution in [0, 0.1) is 10.1 Å². The molecule has 0 fully saturated rings. The first-order valence-electron chi connectivity index (χ1n) is 6.05. The van der Waals surface area contributed by atoms with Crippen molar-refractivity contribution in [2.75, 3.05) is 39.1 Å². The summed E-state index contributed by atoms with van der Waals surface area (Å²) >= 11 is 0. The van der Waals surface area contributed by atoms with Gasteiger partial charge in [-0.25, -0.2) is 0 Å². The van der Waals surface area contributed by atoms with Crippen LogP contribution in [0.25, 0.3) is 0 Å². The van der Waals surface area contributed by atoms with E-state index < -0.39 is 4.92 Å². The van der Waals surface area contributed by atoms with E-state index in [2.05, 4.69) is 4.90 Å². The fourth-order valence-corrected chi connectivity index (χ4v) is 1.83. The van der Waals surface area contributed by atoms with Crippen molar-refractivity contribution in [3.63, 3.8) is 0 Å². The molecular formula is C13H19N3O3. The van der Waals surface area contributed by atoms with E-state index in [-0.39, 0.29) is 5.69 Å². The van der Waals surface area contributed by atoms with Gasteiger partial charge in [0.05, 0.1) is 4.92 Å². The molecule has 1 rings (SSSR count). The third-order valence-electron chi connectivity index (χ3n) is 2.84. The van der Waals surface area contributed by atoms with Crippen LogP contribution in [0.2, 0.25) is 0 Å². The van der Waals surface area contributed by atoms with Gasteiger partial charge in [0, 0.05) is 25.2 Å². The molecule has 0 N–H and O–H groups in total. The van der Waals surface area contributed by atoms with E-state index >= 15 is 0 Å². The number of hydrogen-bond acceptors (Lipinski definition) is 5. The molecule has 1 aromatic rings. The van der Waals surface area contributed by atoms with Gasteiger partial charge in [-0.2, -0.15) is 0 Å². The second kappa shape index (κ2) is 6.84. The van der Waals surface area contributed by atoms with Gasteiger partial charge in [-0.05, 0) is 39.2 Å². The Bertz CT molecular complexity index is 460. The second-order valence-corrected chi connectivity index (χ2v) is 4.70. The van der Waals surface area contributed by atoms with Crippen LogP contribution in [-0.4, -0.2) is 50.3 Å². The molecule has 6 nitrogen and oxygen atoms in total. The number of nitrogens with zero attached hydrogens (tertiary/aromatic N) is 3. The number of nitro groups is 1. The van der Waals surface area contributed by atoms with E-state index in [1.165, 1.54) is 6.07 Å². The normalized spacial score (nSPS) is 10.5. The molecule has 0 aromatic heterocycles. The Morgan fingerprint density at radius 2 is 1.95 bits per heavy atom. The van der Waals surface area contributed by atoms with Gasteiger partial charge < -0.3 is 9.80 Å². The van der Waals surface area contributed by atoms with Crippen molar-refractivity contribution in [1.29, 1.82) is 0 Å². The van der Waals surface area contributed by atoms with Crippen LogP contribution in [0.15, 0.2) is 18.2 Å². The maximum Gasteiger partial charge on any atom is 0.293 e. The number of rotatable bonds is 7. The summed E-state index contributed by atoms with van der Waals surface area (Å²) in [6.07, 6.45) is 1.53. The monoisotopic (exact) mass is 265 g/mol. The molecule has 19 heavy (non-hydrogen) atoms. The third kappa shape index (κ3) is 4.33. The molecule has 0 unspecified atom stereocenters. The Balaban J connectivity index is 2.86. The van der Waals surface area contributed by atoms with Crippen molar-refractivity contribution in [3.8, 4) is 0 Å². The summed E-state index contributed by atoms with van der Waals surface area (Å²) in [6, 6.07) is 4.53. The van der Waals surface area contributed by atoms with Crippen molar-refractivity contribution in [2.45, 2.75) is 6.42 Å². The number of nitro benzene ring substituents is 1. The molecule has 0 amide bonds. The lowest BCUT2D eigenvalue weighted by Crippen LogP contribution is -2.24. The van der Waals surface area contributed by atoms with Gasteiger partial charge in [-0.1, -0.05) is 0 Å². The minimum atomic E-state index is -0.454. The van der Waals surface area contributed by atoms with E-state index in [1.807, 2.05) is 26.0 Å². The number of benzene rings is 1. The Kier molecular flexibility index (Phi) is 5.44. The zero-order valence-electron chi connectivity index (χ0n) is 11.5. The van der Waals surface area contributed by atoms with Crippen molar-refractivity contribution in [1.82, 2.24) is 4.90 Å². The zero-order chi connectivity index (χ0) is 14.4. The summed E-state index contributed by atoms with van der Waals surface area (Å²) in [7, 11) is 5.79. The first-order valence-corrected chi connectivity index (χ1v) is 6.05. The molecule has 6 heteroatoms. The number of carbonyl (C=O) groups is 1. The highest BCUT2D eigenvalue weighted by Gasteiger charge is 2.17. The highest BCUT2D eigenvalue weighted by molar-refractivity contribution is 5.79. The molecule has 0 aliphatic rings. The van der Waals surface area contributed by atoms with Gasteiger partial charge in [0.15, 0.2) is 0 Å². The summed E-state index contributed by atoms with van der Waals surface area (Å²) in [5.74, 6) is 0. The number of anilines is 1. The van der Waals surface area contributed by atoms with Gasteiger partial charge in [0.1, 0.15) is 12.0 Å². The van der Waals surface area contributed by atoms with Gasteiger partial charge in [0.2, 0.25) is 0 Å². The van der Waals surface area contributed by atoms with Crippen LogP contribution in [0.3, 0.4) is 0 Å². The molecule has 0 spiro atoms. The van der Waals surface area contributed by atoms with Crippen LogP contribution >= 0.6 is 0 Å². The minimum Gasteiger partial charge on any atom is -0.369 e. The van der Waals surface area contributed by atoms with Gasteiger partial charge in [-0.3, -0.25) is 14.9 Å². The van der Waals surface area contributed by atoms with E-state index in [4.69, 9.17) is 0 Å². The largest absolute Gasteiger partial charge is 0.369 e. The average molecular weight is 265 g/mol. The Hall–Kier alpha value is -1.95. The summed E-state index contributed by atoms with van der Waals surface area (Å²) in [5, 5.41) is 11.0. The maximum absolute atomic E-state index is 11.0. The highest BCUT2D eigenvalue weighted by Crippen LogP contribution is 2.28. The summed E-state index contributed by atoms with van der Waals surface area (Å²) in [4.78, 5) is 25.2. The van der Waals surface area contributed by atoms with E-state index in [1.54, 1.807) is 12.1 Å². The van der Waals surface area contributed by atoms with Gasteiger partial charge >= 0.3 is 0 Å². The van der Waals surface area contributed by atoms with Crippen LogP contribution in [0.1, 0.15) is 16.8 Å². The molecule has 104 valence electrons. The van der Waals surface area contributed by atoms with Crippen molar-refractivity contribution >= 4 is 17.7 Å². The predicted octanol–water partition coefficient (Wildman–Crippen LogP) is 1.80. The number of carbonyl (C=O) groups excluding carboxylic acids is 1. The Labute approximate surface area is 112 Å². The maximum atomic E-state index is 11.0. The van der Waals surface area contributed by atoms with Gasteiger partial charge in [-0.15, -0.1) is 0 Å². The van der Waals surface area contributed by atoms with E-state index in [9.17, 15) is 14.9 Å². The van der Waals surface area contributed by atoms with Gasteiger partial charge in [0.25, 0.3) is 5.69 Å². The molecular weight excluding hydrogens is 246 g/mol. The van der Waals surface area contributed by atoms with Crippen LogP contribution < -0.4 is 4.90 Å². The highest BCUT2D eigenvalue weighted by atomic mass is 16.6. The fourth-order valence-electron chi connectivity index (χ4n) is 1.83. The third-order valence-corrected chi connectivity index (χ3v) is 2.84. The molecule has 0 radical (unpaired) electrons. The molecule has 0 aliphatic heterocycles. The summed E-state index contributed by atoms with van der Waals surface area (Å²) in [6.45, 7) is 1.64. The molecule has 0 atom stereocenters. The fraction of sp³-hybridized carbons (Fsp3) is 0.462. The summed E-state index contributed by atoms with van der Waals surface area (Å²) in [5.41, 5.74) is 0.823. The summed E-state index contributed by atoms with van der Waals surface area (Å²) < 4.78 is 0. The van der Waals surface area contributed by atoms with Crippen LogP contribution in [0.5, 0.6) is 0 Å². The molecule has 0 saturated heterocycles. The smallest absolute Gasteiger partial charge is 0.293 e. The average Bonchev–Trinajstić information content (AvgIpc) is 2.37. The lowest BCUT2D eigenvalue weighted by Gasteiger charge is -2.20. The van der Waals surface area contributed by atoms with Crippen molar-refractivity contribution < 1.29 is 9.72 Å². The number of hydrogen-bond donors (Lipinski definition) is 0. The lowest BCUT2D eigenvalue weighted by atomic mass is 10.1. The Morgan fingerprint density at radius 3 is 2.47 bits per heavy atom. The standard InChI is InChI=1S/C13H19N3O3/c1-14(2)7-4-8-15(3)12-6-5-11(10-17)9-13(12)16(18)19/h5-6,9-10H,4,7-8H2,1-3H3. The van der Waals surface area contributed by atoms with Crippen LogP contribution in [0.4, 0.5) is 11.4 Å². The van der Waals surface area contributed by atoms with E-state index in [0.29, 0.717) is 17.5 Å². The first kappa shape index (κ1) is 15.1. The molecule has 0 aliphatic carbocycles. The number of aldehydes is 1. The first-order chi connectivity index (χ1) is 8.95. The topological polar surface area (TPSA) is 66.7 Å². The Morgan fingerprint density at radius 1 is 1.26 bits per heavy atom. The quantitative estimate of drug-likeness (QED) is 0.427. The minimum absolute atomic E-state index is 0.0306. The SMILES string of the molecule is CN(C)CCCN(C)c1ccc(C=O)cc1[N+](=O)[O-]. The predicted molar refractivity (Wildman–Crippen MR) is 74.9 cm³/mol. The van der Waals surface area contributed by atoms with Crippen LogP contribution in [-0.2, 0) is 0 Å². The second-order valence-electron chi connectivity index (χ2n) is 4.70. The van der Waals surface area contributed by atoms with Crippen molar-refractivity contribution in [2.24, 2.45) is 0 Å². The molecule has 0 saturated carbocycles. The molecule has 0 heterocycles. The zero-order valence-corrected chi connectivity index (χ0v) is 11.5.